The molecule has 1 heterocycles. The molecule has 212 valence electrons. The number of methoxy groups -OCH3 is 1. The number of hydrogen-bond acceptors (Lipinski definition) is 5. The van der Waals surface area contributed by atoms with E-state index >= 15 is 0 Å². The molecule has 10 atom stereocenters. The van der Waals surface area contributed by atoms with E-state index in [0.717, 1.165) is 70.0 Å². The monoisotopic (exact) mass is 526 g/mol. The van der Waals surface area contributed by atoms with E-state index in [-0.39, 0.29) is 41.0 Å². The number of esters is 1. The Labute approximate surface area is 230 Å². The van der Waals surface area contributed by atoms with Crippen LogP contribution in [0.25, 0.3) is 0 Å². The summed E-state index contributed by atoms with van der Waals surface area (Å²) in [5.74, 6) is 2.31. The van der Waals surface area contributed by atoms with Crippen molar-refractivity contribution in [1.82, 2.24) is 0 Å². The number of rotatable bonds is 7. The second-order valence-corrected chi connectivity index (χ2v) is 13.5. The van der Waals surface area contributed by atoms with Crippen LogP contribution in [0.1, 0.15) is 97.8 Å². The lowest BCUT2D eigenvalue weighted by Crippen LogP contribution is -2.58. The highest BCUT2D eigenvalue weighted by molar-refractivity contribution is 5.99. The van der Waals surface area contributed by atoms with Crippen molar-refractivity contribution in [3.8, 4) is 0 Å². The van der Waals surface area contributed by atoms with Gasteiger partial charge in [-0.3, -0.25) is 9.59 Å². The van der Waals surface area contributed by atoms with Gasteiger partial charge in [-0.25, -0.2) is 0 Å². The van der Waals surface area contributed by atoms with Gasteiger partial charge in [0, 0.05) is 18.9 Å². The maximum Gasteiger partial charge on any atom is 0.305 e. The zero-order valence-corrected chi connectivity index (χ0v) is 24.2. The van der Waals surface area contributed by atoms with E-state index in [2.05, 4.69) is 39.5 Å². The first-order chi connectivity index (χ1) is 18.3. The Balaban J connectivity index is 1.35. The van der Waals surface area contributed by atoms with Crippen LogP contribution in [-0.2, 0) is 23.8 Å². The van der Waals surface area contributed by atoms with Crippen LogP contribution in [-0.4, -0.2) is 37.9 Å². The number of Topliss-reactive ketones (excluding diaryl/α,β-unsaturated/α-hetero) is 1. The number of carbonyl (C=O) groups is 2. The molecule has 4 saturated carbocycles. The van der Waals surface area contributed by atoms with Gasteiger partial charge in [-0.2, -0.15) is 0 Å². The van der Waals surface area contributed by atoms with Crippen LogP contribution < -0.4 is 0 Å². The fraction of sp³-hybridized carbons (Fsp3) is 0.818. The molecule has 5 rings (SSSR count). The maximum absolute atomic E-state index is 14.4. The fourth-order valence-corrected chi connectivity index (χ4v) is 9.95. The van der Waals surface area contributed by atoms with E-state index in [0.29, 0.717) is 35.9 Å². The van der Waals surface area contributed by atoms with Crippen molar-refractivity contribution in [1.29, 1.82) is 0 Å². The summed E-state index contributed by atoms with van der Waals surface area (Å²) in [7, 11) is 1.46. The Bertz CT molecular complexity index is 934. The minimum atomic E-state index is -0.144. The molecule has 0 radical (unpaired) electrons. The maximum atomic E-state index is 14.4. The molecule has 5 nitrogen and oxygen atoms in total. The highest BCUT2D eigenvalue weighted by Gasteiger charge is 2.64. The van der Waals surface area contributed by atoms with Crippen molar-refractivity contribution >= 4 is 11.8 Å². The molecule has 0 aromatic carbocycles. The first kappa shape index (κ1) is 28.1. The third-order valence-electron chi connectivity index (χ3n) is 12.0. The minimum absolute atomic E-state index is 0.0676. The topological polar surface area (TPSA) is 61.8 Å². The second-order valence-electron chi connectivity index (χ2n) is 13.5. The lowest BCUT2D eigenvalue weighted by molar-refractivity contribution is -0.207. The molecule has 0 spiro atoms. The number of fused-ring (bicyclic) bond motifs is 5. The Kier molecular flexibility index (Phi) is 8.27. The average molecular weight is 527 g/mol. The highest BCUT2D eigenvalue weighted by atomic mass is 16.7. The summed E-state index contributed by atoms with van der Waals surface area (Å²) >= 11 is 0. The largest absolute Gasteiger partial charge is 0.469 e. The molecular weight excluding hydrogens is 476 g/mol. The molecule has 0 aromatic heterocycles. The lowest BCUT2D eigenvalue weighted by Gasteiger charge is -2.61. The predicted molar refractivity (Wildman–Crippen MR) is 148 cm³/mol. The minimum Gasteiger partial charge on any atom is -0.469 e. The van der Waals surface area contributed by atoms with Gasteiger partial charge in [0.15, 0.2) is 12.1 Å². The molecule has 0 aromatic rings. The summed E-state index contributed by atoms with van der Waals surface area (Å²) in [6.45, 7) is 12.0. The van der Waals surface area contributed by atoms with Crippen molar-refractivity contribution in [2.45, 2.75) is 110 Å². The number of hydrogen-bond donors (Lipinski definition) is 0. The first-order valence-corrected chi connectivity index (χ1v) is 15.4. The molecule has 0 N–H and O–H groups in total. The number of carbonyl (C=O) groups excluding carboxylic acids is 2. The molecule has 4 aliphatic carbocycles. The van der Waals surface area contributed by atoms with Gasteiger partial charge in [-0.1, -0.05) is 26.0 Å². The number of allylic oxidation sites excluding steroid dienone is 3. The Morgan fingerprint density at radius 3 is 2.55 bits per heavy atom. The summed E-state index contributed by atoms with van der Waals surface area (Å²) < 4.78 is 17.3. The molecule has 5 unspecified atom stereocenters. The molecule has 0 bridgehead atoms. The van der Waals surface area contributed by atoms with Crippen molar-refractivity contribution < 1.29 is 23.8 Å². The second kappa shape index (κ2) is 11.2. The molecule has 5 aliphatic rings. The Morgan fingerprint density at radius 1 is 1.11 bits per heavy atom. The van der Waals surface area contributed by atoms with Crippen LogP contribution >= 0.6 is 0 Å². The van der Waals surface area contributed by atoms with Gasteiger partial charge in [-0.15, -0.1) is 6.58 Å². The molecule has 5 heteroatoms. The van der Waals surface area contributed by atoms with Gasteiger partial charge in [-0.05, 0) is 124 Å². The van der Waals surface area contributed by atoms with E-state index in [4.69, 9.17) is 14.2 Å². The zero-order chi connectivity index (χ0) is 27.1. The van der Waals surface area contributed by atoms with Gasteiger partial charge >= 0.3 is 5.97 Å². The quantitative estimate of drug-likeness (QED) is 0.154. The average Bonchev–Trinajstić information content (AvgIpc) is 3.27. The third-order valence-corrected chi connectivity index (χ3v) is 12.0. The van der Waals surface area contributed by atoms with Crippen LogP contribution in [0.15, 0.2) is 24.3 Å². The SMILES string of the molecule is C=C[C@H](CCC(=O)OC)C1CCC2C3C(=O)/C(=C/C)[C@@H]4C[C@H](OC5CCCCO5)CC[C@]4(C)C3CC[C@@]21C. The van der Waals surface area contributed by atoms with Crippen molar-refractivity contribution in [3.05, 3.63) is 24.3 Å². The Hall–Kier alpha value is -1.46. The van der Waals surface area contributed by atoms with Crippen LogP contribution in [0, 0.1) is 46.3 Å². The van der Waals surface area contributed by atoms with E-state index in [9.17, 15) is 9.59 Å². The Morgan fingerprint density at radius 2 is 1.87 bits per heavy atom. The van der Waals surface area contributed by atoms with E-state index < -0.39 is 0 Å². The molecular formula is C33H50O5. The van der Waals surface area contributed by atoms with E-state index in [1.54, 1.807) is 0 Å². The van der Waals surface area contributed by atoms with Crippen LogP contribution in [0.5, 0.6) is 0 Å². The van der Waals surface area contributed by atoms with Gasteiger partial charge in [0.1, 0.15) is 0 Å². The molecule has 1 aliphatic heterocycles. The van der Waals surface area contributed by atoms with Gasteiger partial charge < -0.3 is 14.2 Å². The summed E-state index contributed by atoms with van der Waals surface area (Å²) in [6, 6.07) is 0. The summed E-state index contributed by atoms with van der Waals surface area (Å²) in [4.78, 5) is 26.2. The van der Waals surface area contributed by atoms with Crippen molar-refractivity contribution in [2.75, 3.05) is 13.7 Å². The number of ether oxygens (including phenoxy) is 3. The molecule has 5 fully saturated rings. The van der Waals surface area contributed by atoms with E-state index in [1.165, 1.54) is 20.0 Å². The first-order valence-electron chi connectivity index (χ1n) is 15.4. The fourth-order valence-electron chi connectivity index (χ4n) is 9.95. The smallest absolute Gasteiger partial charge is 0.305 e. The summed E-state index contributed by atoms with van der Waals surface area (Å²) in [5.41, 5.74) is 1.34. The predicted octanol–water partition coefficient (Wildman–Crippen LogP) is 7.05. The third kappa shape index (κ3) is 4.74. The van der Waals surface area contributed by atoms with E-state index in [1.807, 2.05) is 0 Å². The summed E-state index contributed by atoms with van der Waals surface area (Å²) in [6.07, 6.45) is 16.5. The molecule has 1 saturated heterocycles. The van der Waals surface area contributed by atoms with Gasteiger partial charge in [0.05, 0.1) is 13.2 Å². The normalized spacial score (nSPS) is 44.6. The number of ketones is 1. The molecule has 38 heavy (non-hydrogen) atoms. The van der Waals surface area contributed by atoms with Crippen LogP contribution in [0.2, 0.25) is 0 Å². The highest BCUT2D eigenvalue weighted by Crippen LogP contribution is 2.68. The van der Waals surface area contributed by atoms with Crippen molar-refractivity contribution in [2.24, 2.45) is 46.3 Å². The molecule has 0 amide bonds. The standard InChI is InChI=1S/C33H50O5/c1-6-21(11-14-28(34)36-5)24-12-13-25-30-26(16-18-32(24,25)3)33(4)17-15-22(38-29-10-8-9-19-37-29)20-27(33)23(7-2)31(30)35/h6-7,21-22,24-27,29-30H,1,8-20H2,2-5H3/b23-7+/t21-,22-,24?,25?,26?,27+,29?,30?,32-,33-/m1/s1. The lowest BCUT2D eigenvalue weighted by atomic mass is 9.43. The van der Waals surface area contributed by atoms with Gasteiger partial charge in [0.2, 0.25) is 0 Å². The van der Waals surface area contributed by atoms with Crippen LogP contribution in [0.3, 0.4) is 0 Å². The summed E-state index contributed by atoms with van der Waals surface area (Å²) in [5, 5.41) is 0. The van der Waals surface area contributed by atoms with Crippen molar-refractivity contribution in [3.63, 3.8) is 0 Å². The van der Waals surface area contributed by atoms with Gasteiger partial charge in [0.25, 0.3) is 0 Å². The zero-order valence-electron chi connectivity index (χ0n) is 24.2. The van der Waals surface area contributed by atoms with Crippen LogP contribution in [0.4, 0.5) is 0 Å².